The van der Waals surface area contributed by atoms with Crippen LogP contribution in [0.4, 0.5) is 17.5 Å². The second-order valence-electron chi connectivity index (χ2n) is 8.24. The minimum absolute atomic E-state index is 0.380. The van der Waals surface area contributed by atoms with E-state index in [1.54, 1.807) is 0 Å². The first-order valence-electron chi connectivity index (χ1n) is 10.1. The third-order valence-electron chi connectivity index (χ3n) is 5.79. The Morgan fingerprint density at radius 1 is 1.03 bits per heavy atom. The number of thioether (sulfide) groups is 1. The van der Waals surface area contributed by atoms with Gasteiger partial charge in [-0.25, -0.2) is 4.98 Å². The van der Waals surface area contributed by atoms with E-state index in [1.165, 1.54) is 41.0 Å². The molecule has 1 fully saturated rings. The van der Waals surface area contributed by atoms with Crippen molar-refractivity contribution >= 4 is 29.2 Å². The Morgan fingerprint density at radius 3 is 2.48 bits per heavy atom. The highest BCUT2D eigenvalue weighted by molar-refractivity contribution is 8.01. The summed E-state index contributed by atoms with van der Waals surface area (Å²) >= 11 is 2.00. The van der Waals surface area contributed by atoms with Crippen molar-refractivity contribution in [3.63, 3.8) is 0 Å². The minimum Gasteiger partial charge on any atom is -0.362 e. The van der Waals surface area contributed by atoms with Gasteiger partial charge in [-0.15, -0.1) is 11.8 Å². The molecule has 1 N–H and O–H groups in total. The maximum atomic E-state index is 4.88. The number of anilines is 3. The molecule has 0 radical (unpaired) electrons. The quantitative estimate of drug-likeness (QED) is 0.644. The van der Waals surface area contributed by atoms with Gasteiger partial charge in [0.2, 0.25) is 5.95 Å². The standard InChI is InChI=1S/C23H25N5S/c1-15-13-17(9-12-24-15)16-5-7-18(8-6-16)25-22-26-19-14-23(10-4-11-23)29-20(19)21(27-22)28(2)3/h5-9,12-13H,4,10-11,14H2,1-3H3,(H,25,26,27). The molecule has 5 rings (SSSR count). The van der Waals surface area contributed by atoms with Gasteiger partial charge in [0.25, 0.3) is 0 Å². The number of rotatable bonds is 4. The second kappa shape index (κ2) is 7.02. The van der Waals surface area contributed by atoms with E-state index in [4.69, 9.17) is 9.97 Å². The van der Waals surface area contributed by atoms with Gasteiger partial charge in [0.1, 0.15) is 5.82 Å². The van der Waals surface area contributed by atoms with Gasteiger partial charge < -0.3 is 10.2 Å². The van der Waals surface area contributed by atoms with E-state index in [0.29, 0.717) is 10.7 Å². The van der Waals surface area contributed by atoms with Gasteiger partial charge in [0.15, 0.2) is 0 Å². The molecule has 6 heteroatoms. The normalized spacial score (nSPS) is 16.4. The molecule has 1 aliphatic heterocycles. The topological polar surface area (TPSA) is 53.9 Å². The lowest BCUT2D eigenvalue weighted by molar-refractivity contribution is 0.365. The van der Waals surface area contributed by atoms with Gasteiger partial charge in [0, 0.05) is 42.8 Å². The highest BCUT2D eigenvalue weighted by atomic mass is 32.2. The highest BCUT2D eigenvalue weighted by Crippen LogP contribution is 2.57. The molecule has 1 aliphatic carbocycles. The molecule has 1 spiro atoms. The van der Waals surface area contributed by atoms with E-state index in [0.717, 1.165) is 23.6 Å². The highest BCUT2D eigenvalue weighted by Gasteiger charge is 2.45. The van der Waals surface area contributed by atoms with Crippen molar-refractivity contribution in [2.45, 2.75) is 42.2 Å². The van der Waals surface area contributed by atoms with Crippen LogP contribution in [0.25, 0.3) is 11.1 Å². The summed E-state index contributed by atoms with van der Waals surface area (Å²) in [5.74, 6) is 1.70. The monoisotopic (exact) mass is 403 g/mol. The lowest BCUT2D eigenvalue weighted by Gasteiger charge is -2.36. The first-order valence-corrected chi connectivity index (χ1v) is 10.9. The van der Waals surface area contributed by atoms with Crippen molar-refractivity contribution in [3.05, 3.63) is 54.0 Å². The Hall–Kier alpha value is -2.60. The average molecular weight is 404 g/mol. The predicted molar refractivity (Wildman–Crippen MR) is 120 cm³/mol. The van der Waals surface area contributed by atoms with Crippen molar-refractivity contribution in [2.24, 2.45) is 0 Å². The number of hydrogen-bond donors (Lipinski definition) is 1. The largest absolute Gasteiger partial charge is 0.362 e. The third-order valence-corrected chi connectivity index (χ3v) is 7.39. The summed E-state index contributed by atoms with van der Waals surface area (Å²) in [6, 6.07) is 12.5. The maximum absolute atomic E-state index is 4.88. The first-order chi connectivity index (χ1) is 14.0. The summed E-state index contributed by atoms with van der Waals surface area (Å²) in [5.41, 5.74) is 5.56. The fourth-order valence-electron chi connectivity index (χ4n) is 4.08. The van der Waals surface area contributed by atoms with Gasteiger partial charge in [-0.2, -0.15) is 4.98 Å². The number of aromatic nitrogens is 3. The minimum atomic E-state index is 0.380. The number of pyridine rings is 1. The van der Waals surface area contributed by atoms with Gasteiger partial charge in [-0.05, 0) is 55.2 Å². The molecule has 2 aromatic heterocycles. The van der Waals surface area contributed by atoms with Crippen molar-refractivity contribution in [1.82, 2.24) is 15.0 Å². The number of aryl methyl sites for hydroxylation is 1. The molecule has 1 saturated carbocycles. The van der Waals surface area contributed by atoms with Crippen LogP contribution < -0.4 is 10.2 Å². The lowest BCUT2D eigenvalue weighted by Crippen LogP contribution is -2.32. The van der Waals surface area contributed by atoms with Crippen molar-refractivity contribution in [3.8, 4) is 11.1 Å². The molecular weight excluding hydrogens is 378 g/mol. The summed E-state index contributed by atoms with van der Waals surface area (Å²) < 4.78 is 0.380. The van der Waals surface area contributed by atoms with Crippen LogP contribution in [0.2, 0.25) is 0 Å². The van der Waals surface area contributed by atoms with Crippen LogP contribution in [-0.4, -0.2) is 33.8 Å². The van der Waals surface area contributed by atoms with Gasteiger partial charge in [-0.1, -0.05) is 18.6 Å². The number of fused-ring (bicyclic) bond motifs is 1. The Labute approximate surface area is 176 Å². The van der Waals surface area contributed by atoms with Crippen LogP contribution in [-0.2, 0) is 6.42 Å². The lowest BCUT2D eigenvalue weighted by atomic mass is 9.81. The van der Waals surface area contributed by atoms with E-state index in [-0.39, 0.29) is 0 Å². The molecule has 0 saturated heterocycles. The summed E-state index contributed by atoms with van der Waals surface area (Å²) in [7, 11) is 4.12. The molecule has 3 aromatic rings. The molecule has 5 nitrogen and oxygen atoms in total. The van der Waals surface area contributed by atoms with E-state index in [9.17, 15) is 0 Å². The zero-order valence-electron chi connectivity index (χ0n) is 17.1. The maximum Gasteiger partial charge on any atom is 0.229 e. The SMILES string of the molecule is Cc1cc(-c2ccc(Nc3nc4c(c(N(C)C)n3)SC3(CCC3)C4)cc2)ccn1. The van der Waals surface area contributed by atoms with Crippen molar-refractivity contribution in [1.29, 1.82) is 0 Å². The summed E-state index contributed by atoms with van der Waals surface area (Å²) in [6.07, 6.45) is 6.83. The van der Waals surface area contributed by atoms with Crippen molar-refractivity contribution < 1.29 is 0 Å². The Balaban J connectivity index is 1.41. The predicted octanol–water partition coefficient (Wildman–Crippen LogP) is 5.23. The molecule has 1 aromatic carbocycles. The average Bonchev–Trinajstić information content (AvgIpc) is 3.08. The fraction of sp³-hybridized carbons (Fsp3) is 0.348. The summed E-state index contributed by atoms with van der Waals surface area (Å²) in [5, 5.41) is 3.41. The molecule has 0 amide bonds. The molecule has 29 heavy (non-hydrogen) atoms. The fourth-order valence-corrected chi connectivity index (χ4v) is 5.76. The van der Waals surface area contributed by atoms with Crippen molar-refractivity contribution in [2.75, 3.05) is 24.3 Å². The number of benzene rings is 1. The molecule has 0 atom stereocenters. The van der Waals surface area contributed by atoms with Crippen LogP contribution in [0.15, 0.2) is 47.5 Å². The zero-order chi connectivity index (χ0) is 20.0. The molecule has 148 valence electrons. The second-order valence-corrected chi connectivity index (χ2v) is 9.72. The molecule has 0 unspecified atom stereocenters. The van der Waals surface area contributed by atoms with E-state index >= 15 is 0 Å². The van der Waals surface area contributed by atoms with E-state index in [2.05, 4.69) is 59.6 Å². The Kier molecular flexibility index (Phi) is 4.46. The van der Waals surface area contributed by atoms with Crippen LogP contribution in [0, 0.1) is 6.92 Å². The summed E-state index contributed by atoms with van der Waals surface area (Å²) in [6.45, 7) is 2.01. The molecule has 3 heterocycles. The molecule has 0 bridgehead atoms. The van der Waals surface area contributed by atoms with Gasteiger partial charge >= 0.3 is 0 Å². The van der Waals surface area contributed by atoms with Crippen LogP contribution >= 0.6 is 11.8 Å². The number of hydrogen-bond acceptors (Lipinski definition) is 6. The van der Waals surface area contributed by atoms with Gasteiger partial charge in [-0.3, -0.25) is 4.98 Å². The third kappa shape index (κ3) is 3.46. The Morgan fingerprint density at radius 2 is 1.83 bits per heavy atom. The van der Waals surface area contributed by atoms with Crippen LogP contribution in [0.5, 0.6) is 0 Å². The van der Waals surface area contributed by atoms with E-state index < -0.39 is 0 Å². The Bertz CT molecular complexity index is 1060. The summed E-state index contributed by atoms with van der Waals surface area (Å²) in [4.78, 5) is 17.4. The number of nitrogens with one attached hydrogen (secondary N) is 1. The molecular formula is C23H25N5S. The number of nitrogens with zero attached hydrogens (tertiary/aromatic N) is 4. The van der Waals surface area contributed by atoms with E-state index in [1.807, 2.05) is 30.9 Å². The van der Waals surface area contributed by atoms with Crippen LogP contribution in [0.3, 0.4) is 0 Å². The van der Waals surface area contributed by atoms with Gasteiger partial charge in [0.05, 0.1) is 10.6 Å². The smallest absolute Gasteiger partial charge is 0.229 e. The van der Waals surface area contributed by atoms with Crippen LogP contribution in [0.1, 0.15) is 30.7 Å². The molecule has 2 aliphatic rings. The first kappa shape index (κ1) is 18.4. The zero-order valence-corrected chi connectivity index (χ0v) is 17.9.